The van der Waals surface area contributed by atoms with E-state index in [0.29, 0.717) is 34.5 Å². The van der Waals surface area contributed by atoms with Gasteiger partial charge in [0.15, 0.2) is 21.3 Å². The highest BCUT2D eigenvalue weighted by molar-refractivity contribution is 7.91. The molecule has 0 N–H and O–H groups in total. The van der Waals surface area contributed by atoms with Crippen molar-refractivity contribution in [3.05, 3.63) is 47.0 Å². The molecule has 2 aliphatic heterocycles. The summed E-state index contributed by atoms with van der Waals surface area (Å²) in [6.45, 7) is 0.509. The number of carbonyl (C=O) groups is 1. The number of amides is 1. The molecule has 0 aliphatic carbocycles. The molecule has 4 rings (SSSR count). The smallest absolute Gasteiger partial charge is 0.241 e. The standard InChI is InChI=1S/C22H25ClN2O6S/c1-29-19-7-5-15(9-16(19)23)25-18-13-32(27,28)12-17(18)24(11-22(25)26)10-14-4-6-20(30-2)21(8-14)31-3/h4-9,17-18H,10-13H2,1-3H3/t17-,18+/m0/s1. The number of sulfone groups is 1. The van der Waals surface area contributed by atoms with Crippen molar-refractivity contribution in [3.8, 4) is 17.2 Å². The number of methoxy groups -OCH3 is 3. The molecule has 2 heterocycles. The Morgan fingerprint density at radius 1 is 0.938 bits per heavy atom. The van der Waals surface area contributed by atoms with Crippen LogP contribution in [-0.4, -0.2) is 70.7 Å². The Morgan fingerprint density at radius 2 is 1.59 bits per heavy atom. The third kappa shape index (κ3) is 4.24. The van der Waals surface area contributed by atoms with E-state index in [1.54, 1.807) is 43.4 Å². The Kier molecular flexibility index (Phi) is 6.24. The van der Waals surface area contributed by atoms with Gasteiger partial charge in [0, 0.05) is 18.3 Å². The Balaban J connectivity index is 1.65. The van der Waals surface area contributed by atoms with E-state index in [9.17, 15) is 13.2 Å². The van der Waals surface area contributed by atoms with Crippen LogP contribution in [0.3, 0.4) is 0 Å². The van der Waals surface area contributed by atoms with Crippen LogP contribution in [0.5, 0.6) is 17.2 Å². The fourth-order valence-electron chi connectivity index (χ4n) is 4.49. The number of nitrogens with zero attached hydrogens (tertiary/aromatic N) is 2. The molecule has 2 aliphatic rings. The van der Waals surface area contributed by atoms with Gasteiger partial charge in [-0.3, -0.25) is 9.69 Å². The van der Waals surface area contributed by atoms with Gasteiger partial charge in [0.2, 0.25) is 5.91 Å². The molecule has 1 amide bonds. The molecule has 10 heteroatoms. The van der Waals surface area contributed by atoms with Gasteiger partial charge in [-0.05, 0) is 35.9 Å². The molecular weight excluding hydrogens is 456 g/mol. The van der Waals surface area contributed by atoms with Crippen molar-refractivity contribution in [2.75, 3.05) is 44.3 Å². The minimum atomic E-state index is -3.30. The summed E-state index contributed by atoms with van der Waals surface area (Å²) >= 11 is 6.27. The van der Waals surface area contributed by atoms with Crippen LogP contribution in [-0.2, 0) is 21.2 Å². The SMILES string of the molecule is COc1ccc(N2C(=O)CN(Cc3ccc(OC)c(OC)c3)[C@H]3CS(=O)(=O)C[C@H]32)cc1Cl. The summed E-state index contributed by atoms with van der Waals surface area (Å²) in [5, 5.41) is 0.364. The summed E-state index contributed by atoms with van der Waals surface area (Å²) in [4.78, 5) is 16.7. The van der Waals surface area contributed by atoms with Gasteiger partial charge in [0.25, 0.3) is 0 Å². The number of hydrogen-bond acceptors (Lipinski definition) is 7. The molecule has 0 unspecified atom stereocenters. The van der Waals surface area contributed by atoms with Crippen LogP contribution in [0.15, 0.2) is 36.4 Å². The second-order valence-corrected chi connectivity index (χ2v) is 10.4. The Morgan fingerprint density at radius 3 is 2.25 bits per heavy atom. The highest BCUT2D eigenvalue weighted by Gasteiger charge is 2.49. The predicted octanol–water partition coefficient (Wildman–Crippen LogP) is 2.38. The fraction of sp³-hybridized carbons (Fsp3) is 0.409. The van der Waals surface area contributed by atoms with E-state index < -0.39 is 15.9 Å². The highest BCUT2D eigenvalue weighted by Crippen LogP contribution is 2.36. The van der Waals surface area contributed by atoms with E-state index in [0.717, 1.165) is 5.56 Å². The van der Waals surface area contributed by atoms with E-state index in [4.69, 9.17) is 25.8 Å². The molecule has 0 radical (unpaired) electrons. The molecule has 8 nitrogen and oxygen atoms in total. The van der Waals surface area contributed by atoms with E-state index in [2.05, 4.69) is 0 Å². The lowest BCUT2D eigenvalue weighted by Gasteiger charge is -2.43. The third-order valence-electron chi connectivity index (χ3n) is 5.95. The average molecular weight is 481 g/mol. The lowest BCUT2D eigenvalue weighted by molar-refractivity contribution is -0.123. The molecule has 2 saturated heterocycles. The second kappa shape index (κ2) is 8.80. The van der Waals surface area contributed by atoms with E-state index in [-0.39, 0.29) is 30.0 Å². The number of hydrogen-bond donors (Lipinski definition) is 0. The van der Waals surface area contributed by atoms with Crippen LogP contribution in [0.2, 0.25) is 5.02 Å². The van der Waals surface area contributed by atoms with E-state index in [1.807, 2.05) is 17.0 Å². The van der Waals surface area contributed by atoms with Crippen LogP contribution in [0.25, 0.3) is 0 Å². The minimum Gasteiger partial charge on any atom is -0.495 e. The maximum atomic E-state index is 13.2. The van der Waals surface area contributed by atoms with E-state index in [1.165, 1.54) is 7.11 Å². The van der Waals surface area contributed by atoms with Gasteiger partial charge in [-0.2, -0.15) is 0 Å². The summed E-state index contributed by atoms with van der Waals surface area (Å²) in [5.41, 5.74) is 1.47. The number of piperazine rings is 1. The number of halogens is 1. The van der Waals surface area contributed by atoms with Crippen molar-refractivity contribution in [2.24, 2.45) is 0 Å². The first-order valence-electron chi connectivity index (χ1n) is 10.1. The number of fused-ring (bicyclic) bond motifs is 1. The van der Waals surface area contributed by atoms with Gasteiger partial charge in [-0.1, -0.05) is 17.7 Å². The van der Waals surface area contributed by atoms with Crippen LogP contribution in [0, 0.1) is 0 Å². The largest absolute Gasteiger partial charge is 0.495 e. The topological polar surface area (TPSA) is 85.4 Å². The summed E-state index contributed by atoms with van der Waals surface area (Å²) < 4.78 is 41.0. The quantitative estimate of drug-likeness (QED) is 0.627. The van der Waals surface area contributed by atoms with Crippen molar-refractivity contribution >= 4 is 33.0 Å². The summed E-state index contributed by atoms with van der Waals surface area (Å²) in [5.74, 6) is 1.41. The van der Waals surface area contributed by atoms with Crippen LogP contribution in [0.1, 0.15) is 5.56 Å². The van der Waals surface area contributed by atoms with Crippen molar-refractivity contribution in [1.29, 1.82) is 0 Å². The molecular formula is C22H25ClN2O6S. The first-order valence-corrected chi connectivity index (χ1v) is 12.3. The highest BCUT2D eigenvalue weighted by atomic mass is 35.5. The predicted molar refractivity (Wildman–Crippen MR) is 122 cm³/mol. The first-order chi connectivity index (χ1) is 15.3. The lowest BCUT2D eigenvalue weighted by Crippen LogP contribution is -2.61. The van der Waals surface area contributed by atoms with Crippen LogP contribution in [0.4, 0.5) is 5.69 Å². The molecule has 0 spiro atoms. The summed E-state index contributed by atoms with van der Waals surface area (Å²) in [6.07, 6.45) is 0. The first kappa shape index (κ1) is 22.7. The van der Waals surface area contributed by atoms with Gasteiger partial charge in [-0.25, -0.2) is 8.42 Å². The normalized spacial score (nSPS) is 22.5. The van der Waals surface area contributed by atoms with Gasteiger partial charge >= 0.3 is 0 Å². The Hall–Kier alpha value is -2.49. The summed E-state index contributed by atoms with van der Waals surface area (Å²) in [7, 11) is 1.33. The lowest BCUT2D eigenvalue weighted by atomic mass is 10.0. The average Bonchev–Trinajstić information content (AvgIpc) is 3.08. The molecule has 2 aromatic carbocycles. The van der Waals surface area contributed by atoms with Crippen LogP contribution >= 0.6 is 11.6 Å². The molecule has 0 saturated carbocycles. The number of ether oxygens (including phenoxy) is 3. The van der Waals surface area contributed by atoms with Crippen molar-refractivity contribution in [2.45, 2.75) is 18.6 Å². The maximum absolute atomic E-state index is 13.2. The zero-order valence-electron chi connectivity index (χ0n) is 18.1. The molecule has 2 aromatic rings. The number of rotatable bonds is 6. The van der Waals surface area contributed by atoms with E-state index >= 15 is 0 Å². The number of anilines is 1. The second-order valence-electron chi connectivity index (χ2n) is 7.89. The van der Waals surface area contributed by atoms with Gasteiger partial charge in [0.05, 0.1) is 50.4 Å². The maximum Gasteiger partial charge on any atom is 0.241 e. The molecule has 2 fully saturated rings. The molecule has 2 atom stereocenters. The Labute approximate surface area is 192 Å². The number of carbonyl (C=O) groups excluding carboxylic acids is 1. The van der Waals surface area contributed by atoms with Crippen molar-refractivity contribution in [3.63, 3.8) is 0 Å². The zero-order valence-corrected chi connectivity index (χ0v) is 19.6. The number of benzene rings is 2. The van der Waals surface area contributed by atoms with Crippen molar-refractivity contribution < 1.29 is 27.4 Å². The van der Waals surface area contributed by atoms with Crippen molar-refractivity contribution in [1.82, 2.24) is 4.90 Å². The zero-order chi connectivity index (χ0) is 23.0. The van der Waals surface area contributed by atoms with Gasteiger partial charge < -0.3 is 19.1 Å². The minimum absolute atomic E-state index is 0.00137. The Bertz CT molecular complexity index is 1140. The fourth-order valence-corrected chi connectivity index (χ4v) is 6.72. The monoisotopic (exact) mass is 480 g/mol. The molecule has 0 bridgehead atoms. The van der Waals surface area contributed by atoms with Gasteiger partial charge in [-0.15, -0.1) is 0 Å². The molecule has 0 aromatic heterocycles. The summed E-state index contributed by atoms with van der Waals surface area (Å²) in [6, 6.07) is 9.77. The third-order valence-corrected chi connectivity index (χ3v) is 7.94. The molecule has 172 valence electrons. The van der Waals surface area contributed by atoms with Crippen LogP contribution < -0.4 is 19.1 Å². The molecule has 32 heavy (non-hydrogen) atoms. The van der Waals surface area contributed by atoms with Gasteiger partial charge in [0.1, 0.15) is 5.75 Å².